The molecule has 0 saturated heterocycles. The molecule has 0 radical (unpaired) electrons. The van der Waals surface area contributed by atoms with Crippen molar-refractivity contribution in [1.29, 1.82) is 0 Å². The van der Waals surface area contributed by atoms with E-state index in [-0.39, 0.29) is 5.91 Å². The zero-order chi connectivity index (χ0) is 21.4. The van der Waals surface area contributed by atoms with Crippen molar-refractivity contribution in [2.24, 2.45) is 0 Å². The molecule has 0 aliphatic heterocycles. The number of nitrogens with zero attached hydrogens (tertiary/aromatic N) is 1. The first-order valence-corrected chi connectivity index (χ1v) is 13.2. The van der Waals surface area contributed by atoms with Crippen molar-refractivity contribution < 1.29 is 4.79 Å². The van der Waals surface area contributed by atoms with Gasteiger partial charge in [0.1, 0.15) is 10.0 Å². The van der Waals surface area contributed by atoms with Crippen molar-refractivity contribution in [1.82, 2.24) is 4.98 Å². The summed E-state index contributed by atoms with van der Waals surface area (Å²) >= 11 is 5.25. The molecule has 6 heteroatoms. The van der Waals surface area contributed by atoms with Gasteiger partial charge in [0, 0.05) is 26.1 Å². The molecule has 0 atom stereocenters. The number of carbonyl (C=O) groups excluding carboxylic acids is 1. The maximum Gasteiger partial charge on any atom is 0.256 e. The van der Waals surface area contributed by atoms with Gasteiger partial charge in [-0.2, -0.15) is 0 Å². The molecule has 158 valence electrons. The highest BCUT2D eigenvalue weighted by molar-refractivity contribution is 7.99. The number of para-hydroxylation sites is 1. The van der Waals surface area contributed by atoms with Gasteiger partial charge in [0.05, 0.1) is 10.2 Å². The molecule has 1 amide bonds. The molecule has 0 fully saturated rings. The summed E-state index contributed by atoms with van der Waals surface area (Å²) in [7, 11) is 0. The fraction of sp³-hybridized carbons (Fsp3) is 0.280. The molecule has 1 aliphatic rings. The first-order chi connectivity index (χ1) is 15.1. The molecule has 0 unspecified atom stereocenters. The third-order valence-electron chi connectivity index (χ3n) is 5.39. The Morgan fingerprint density at radius 2 is 1.81 bits per heavy atom. The first kappa shape index (κ1) is 20.7. The highest BCUT2D eigenvalue weighted by atomic mass is 32.2. The van der Waals surface area contributed by atoms with Crippen LogP contribution in [0.15, 0.2) is 53.4 Å². The van der Waals surface area contributed by atoms with Crippen molar-refractivity contribution in [3.8, 4) is 10.6 Å². The number of carbonyl (C=O) groups is 1. The van der Waals surface area contributed by atoms with Gasteiger partial charge < -0.3 is 5.32 Å². The molecule has 2 aromatic heterocycles. The number of aryl methyl sites for hydroxylation is 1. The third kappa shape index (κ3) is 4.29. The highest BCUT2D eigenvalue weighted by Gasteiger charge is 2.25. The second-order valence-electron chi connectivity index (χ2n) is 8.05. The van der Waals surface area contributed by atoms with Gasteiger partial charge in [-0.25, -0.2) is 4.98 Å². The predicted molar refractivity (Wildman–Crippen MR) is 135 cm³/mol. The van der Waals surface area contributed by atoms with E-state index in [1.807, 2.05) is 30.3 Å². The van der Waals surface area contributed by atoms with Crippen LogP contribution in [0.3, 0.4) is 0 Å². The lowest BCUT2D eigenvalue weighted by molar-refractivity contribution is 0.102. The van der Waals surface area contributed by atoms with Crippen molar-refractivity contribution in [2.45, 2.75) is 49.7 Å². The van der Waals surface area contributed by atoms with Gasteiger partial charge in [-0.3, -0.25) is 4.79 Å². The topological polar surface area (TPSA) is 42.0 Å². The Kier molecular flexibility index (Phi) is 5.87. The van der Waals surface area contributed by atoms with E-state index in [9.17, 15) is 4.79 Å². The van der Waals surface area contributed by atoms with Crippen LogP contribution in [0.1, 0.15) is 47.5 Å². The van der Waals surface area contributed by atoms with Gasteiger partial charge in [0.15, 0.2) is 0 Å². The fourth-order valence-corrected chi connectivity index (χ4v) is 7.22. The van der Waals surface area contributed by atoms with Crippen molar-refractivity contribution in [2.75, 3.05) is 5.32 Å². The van der Waals surface area contributed by atoms with Crippen LogP contribution in [0.2, 0.25) is 0 Å². The number of nitrogens with one attached hydrogen (secondary N) is 1. The molecular formula is C25H24N2OS3. The maximum absolute atomic E-state index is 13.1. The molecule has 3 nitrogen and oxygen atoms in total. The second-order valence-corrected chi connectivity index (χ2v) is 11.8. The van der Waals surface area contributed by atoms with E-state index in [1.165, 1.54) is 32.9 Å². The van der Waals surface area contributed by atoms with Crippen LogP contribution in [0.5, 0.6) is 0 Å². The quantitative estimate of drug-likeness (QED) is 0.308. The Morgan fingerprint density at radius 3 is 2.58 bits per heavy atom. The highest BCUT2D eigenvalue weighted by Crippen LogP contribution is 2.46. The minimum absolute atomic E-state index is 0.0537. The molecule has 0 spiro atoms. The normalized spacial score (nSPS) is 13.5. The van der Waals surface area contributed by atoms with Crippen LogP contribution >= 0.6 is 34.4 Å². The van der Waals surface area contributed by atoms with E-state index >= 15 is 0 Å². The predicted octanol–water partition coefficient (Wildman–Crippen LogP) is 7.66. The first-order valence-electron chi connectivity index (χ1n) is 10.7. The Bertz CT molecular complexity index is 1200. The number of benzene rings is 2. The summed E-state index contributed by atoms with van der Waals surface area (Å²) in [6, 6.07) is 16.2. The number of fused-ring (bicyclic) bond motifs is 2. The van der Waals surface area contributed by atoms with Gasteiger partial charge in [0.2, 0.25) is 0 Å². The fourth-order valence-electron chi connectivity index (χ4n) is 3.99. The van der Waals surface area contributed by atoms with Crippen molar-refractivity contribution >= 4 is 55.6 Å². The van der Waals surface area contributed by atoms with Crippen LogP contribution in [-0.4, -0.2) is 16.1 Å². The molecule has 5 rings (SSSR count). The summed E-state index contributed by atoms with van der Waals surface area (Å²) in [6.07, 6.45) is 4.57. The maximum atomic E-state index is 13.1. The molecule has 2 aromatic carbocycles. The summed E-state index contributed by atoms with van der Waals surface area (Å²) in [5.41, 5.74) is 4.24. The number of hydrogen-bond acceptors (Lipinski definition) is 5. The Labute approximate surface area is 194 Å². The zero-order valence-corrected chi connectivity index (χ0v) is 20.1. The average molecular weight is 465 g/mol. The molecule has 0 bridgehead atoms. The lowest BCUT2D eigenvalue weighted by atomic mass is 9.95. The SMILES string of the molecule is CC(C)Sc1ccc(C(=O)Nc2sc3c(c2-c2nc4ccccc4s2)CCCC3)cc1. The average Bonchev–Trinajstić information content (AvgIpc) is 3.34. The standard InChI is InChI=1S/C25H24N2OS3/c1-15(2)29-17-13-11-16(12-14-17)23(28)27-25-22(18-7-3-5-9-20(18)30-25)24-26-19-8-4-6-10-21(19)31-24/h4,6,8,10-15H,3,5,7,9H2,1-2H3,(H,27,28). The monoisotopic (exact) mass is 464 g/mol. The number of amides is 1. The number of rotatable bonds is 5. The van der Waals surface area contributed by atoms with Gasteiger partial charge in [-0.05, 0) is 67.6 Å². The number of anilines is 1. The number of hydrogen-bond donors (Lipinski definition) is 1. The number of thiazole rings is 1. The molecule has 0 saturated carbocycles. The van der Waals surface area contributed by atoms with Crippen LogP contribution < -0.4 is 5.32 Å². The number of thioether (sulfide) groups is 1. The number of thiophene rings is 1. The van der Waals surface area contributed by atoms with Crippen molar-refractivity contribution in [3.05, 3.63) is 64.5 Å². The van der Waals surface area contributed by atoms with Crippen LogP contribution in [0.4, 0.5) is 5.00 Å². The summed E-state index contributed by atoms with van der Waals surface area (Å²) in [5, 5.41) is 5.70. The van der Waals surface area contributed by atoms with Gasteiger partial charge in [0.25, 0.3) is 5.91 Å². The van der Waals surface area contributed by atoms with Gasteiger partial charge in [-0.15, -0.1) is 34.4 Å². The van der Waals surface area contributed by atoms with Crippen LogP contribution in [-0.2, 0) is 12.8 Å². The summed E-state index contributed by atoms with van der Waals surface area (Å²) < 4.78 is 1.18. The summed E-state index contributed by atoms with van der Waals surface area (Å²) in [6.45, 7) is 4.35. The third-order valence-corrected chi connectivity index (χ3v) is 8.67. The molecule has 31 heavy (non-hydrogen) atoms. The Hall–Kier alpha value is -2.15. The Morgan fingerprint density at radius 1 is 1.03 bits per heavy atom. The van der Waals surface area contributed by atoms with E-state index < -0.39 is 0 Å². The van der Waals surface area contributed by atoms with Crippen LogP contribution in [0, 0.1) is 0 Å². The summed E-state index contributed by atoms with van der Waals surface area (Å²) in [4.78, 5) is 20.6. The lowest BCUT2D eigenvalue weighted by Crippen LogP contribution is -2.11. The van der Waals surface area contributed by atoms with E-state index in [4.69, 9.17) is 4.98 Å². The van der Waals surface area contributed by atoms with Gasteiger partial charge >= 0.3 is 0 Å². The minimum atomic E-state index is -0.0537. The molecule has 1 aliphatic carbocycles. The lowest BCUT2D eigenvalue weighted by Gasteiger charge is -2.12. The van der Waals surface area contributed by atoms with E-state index in [1.54, 1.807) is 34.4 Å². The summed E-state index contributed by atoms with van der Waals surface area (Å²) in [5.74, 6) is -0.0537. The van der Waals surface area contributed by atoms with E-state index in [0.29, 0.717) is 10.8 Å². The van der Waals surface area contributed by atoms with E-state index in [2.05, 4.69) is 37.4 Å². The van der Waals surface area contributed by atoms with Crippen LogP contribution in [0.25, 0.3) is 20.8 Å². The minimum Gasteiger partial charge on any atom is -0.313 e. The second kappa shape index (κ2) is 8.77. The Balaban J connectivity index is 1.49. The molecule has 4 aromatic rings. The van der Waals surface area contributed by atoms with Crippen molar-refractivity contribution in [3.63, 3.8) is 0 Å². The number of aromatic nitrogens is 1. The van der Waals surface area contributed by atoms with E-state index in [0.717, 1.165) is 33.9 Å². The molecule has 1 N–H and O–H groups in total. The molecular weight excluding hydrogens is 440 g/mol. The molecule has 2 heterocycles. The smallest absolute Gasteiger partial charge is 0.256 e. The zero-order valence-electron chi connectivity index (χ0n) is 17.6. The largest absolute Gasteiger partial charge is 0.313 e. The van der Waals surface area contributed by atoms with Gasteiger partial charge in [-0.1, -0.05) is 26.0 Å².